The normalized spacial score (nSPS) is 11.0. The smallest absolute Gasteiger partial charge is 0.162 e. The Morgan fingerprint density at radius 1 is 1.29 bits per heavy atom. The Bertz CT molecular complexity index is 754. The van der Waals surface area contributed by atoms with Gasteiger partial charge in [0.05, 0.1) is 18.4 Å². The first kappa shape index (κ1) is 13.5. The summed E-state index contributed by atoms with van der Waals surface area (Å²) in [6.45, 7) is 2.66. The van der Waals surface area contributed by atoms with Crippen LogP contribution in [0.5, 0.6) is 5.75 Å². The van der Waals surface area contributed by atoms with Gasteiger partial charge in [-0.2, -0.15) is 5.10 Å². The van der Waals surface area contributed by atoms with Gasteiger partial charge in [0.15, 0.2) is 5.65 Å². The lowest BCUT2D eigenvalue weighted by Gasteiger charge is -2.10. The van der Waals surface area contributed by atoms with Crippen LogP contribution in [0.1, 0.15) is 19.8 Å². The standard InChI is InChI=1S/C16H16FN3O/c1-2-3-9-21-15-10-12(17)5-6-13(15)14-11-19-20-8-4-7-18-16(14)20/h4-8,10-11H,2-3,9H2,1H3. The summed E-state index contributed by atoms with van der Waals surface area (Å²) in [4.78, 5) is 4.33. The van der Waals surface area contributed by atoms with Gasteiger partial charge in [-0.3, -0.25) is 0 Å². The zero-order valence-corrected chi connectivity index (χ0v) is 11.8. The Balaban J connectivity index is 2.04. The van der Waals surface area contributed by atoms with Crippen LogP contribution in [-0.4, -0.2) is 21.2 Å². The van der Waals surface area contributed by atoms with Gasteiger partial charge in [0.2, 0.25) is 0 Å². The predicted molar refractivity (Wildman–Crippen MR) is 78.8 cm³/mol. The maximum absolute atomic E-state index is 13.5. The van der Waals surface area contributed by atoms with Crippen molar-refractivity contribution in [2.45, 2.75) is 19.8 Å². The Kier molecular flexibility index (Phi) is 3.81. The Labute approximate surface area is 122 Å². The monoisotopic (exact) mass is 285 g/mol. The van der Waals surface area contributed by atoms with Crippen LogP contribution in [0.3, 0.4) is 0 Å². The van der Waals surface area contributed by atoms with Crippen LogP contribution in [0, 0.1) is 5.82 Å². The minimum Gasteiger partial charge on any atom is -0.493 e. The third kappa shape index (κ3) is 2.72. The lowest BCUT2D eigenvalue weighted by atomic mass is 10.1. The molecule has 4 nitrogen and oxygen atoms in total. The van der Waals surface area contributed by atoms with Crippen molar-refractivity contribution in [3.8, 4) is 16.9 Å². The van der Waals surface area contributed by atoms with E-state index in [-0.39, 0.29) is 5.82 Å². The van der Waals surface area contributed by atoms with Crippen molar-refractivity contribution in [2.24, 2.45) is 0 Å². The maximum Gasteiger partial charge on any atom is 0.162 e. The molecule has 21 heavy (non-hydrogen) atoms. The van der Waals surface area contributed by atoms with Crippen molar-refractivity contribution in [1.29, 1.82) is 0 Å². The first-order chi connectivity index (χ1) is 10.3. The molecule has 0 N–H and O–H groups in total. The second kappa shape index (κ2) is 5.91. The van der Waals surface area contributed by atoms with Gasteiger partial charge in [-0.15, -0.1) is 0 Å². The van der Waals surface area contributed by atoms with Crippen LogP contribution in [0.2, 0.25) is 0 Å². The molecule has 0 fully saturated rings. The van der Waals surface area contributed by atoms with Crippen molar-refractivity contribution in [1.82, 2.24) is 14.6 Å². The largest absolute Gasteiger partial charge is 0.493 e. The summed E-state index contributed by atoms with van der Waals surface area (Å²) in [5.41, 5.74) is 2.37. The van der Waals surface area contributed by atoms with E-state index in [0.29, 0.717) is 12.4 Å². The van der Waals surface area contributed by atoms with E-state index in [9.17, 15) is 4.39 Å². The van der Waals surface area contributed by atoms with E-state index in [1.165, 1.54) is 12.1 Å². The molecule has 108 valence electrons. The van der Waals surface area contributed by atoms with Crippen LogP contribution < -0.4 is 4.74 Å². The Morgan fingerprint density at radius 2 is 2.19 bits per heavy atom. The highest BCUT2D eigenvalue weighted by Crippen LogP contribution is 2.32. The van der Waals surface area contributed by atoms with Gasteiger partial charge in [-0.1, -0.05) is 13.3 Å². The van der Waals surface area contributed by atoms with Crippen molar-refractivity contribution in [3.63, 3.8) is 0 Å². The molecule has 0 aliphatic heterocycles. The van der Waals surface area contributed by atoms with Crippen LogP contribution in [-0.2, 0) is 0 Å². The van der Waals surface area contributed by atoms with Crippen LogP contribution >= 0.6 is 0 Å². The van der Waals surface area contributed by atoms with E-state index >= 15 is 0 Å². The van der Waals surface area contributed by atoms with Gasteiger partial charge in [0.1, 0.15) is 11.6 Å². The molecular formula is C16H16FN3O. The number of benzene rings is 1. The van der Waals surface area contributed by atoms with Crippen molar-refractivity contribution < 1.29 is 9.13 Å². The molecule has 0 unspecified atom stereocenters. The number of unbranched alkanes of at least 4 members (excludes halogenated alkanes) is 1. The average Bonchev–Trinajstić information content (AvgIpc) is 2.92. The minimum absolute atomic E-state index is 0.310. The molecule has 0 saturated heterocycles. The summed E-state index contributed by atoms with van der Waals surface area (Å²) >= 11 is 0. The Morgan fingerprint density at radius 3 is 3.05 bits per heavy atom. The van der Waals surface area contributed by atoms with Crippen LogP contribution in [0.15, 0.2) is 42.9 Å². The highest BCUT2D eigenvalue weighted by atomic mass is 19.1. The van der Waals surface area contributed by atoms with Gasteiger partial charge in [0, 0.05) is 24.0 Å². The molecule has 2 heterocycles. The maximum atomic E-state index is 13.5. The number of hydrogen-bond acceptors (Lipinski definition) is 3. The van der Waals surface area contributed by atoms with E-state index in [0.717, 1.165) is 29.6 Å². The predicted octanol–water partition coefficient (Wildman–Crippen LogP) is 3.71. The zero-order chi connectivity index (χ0) is 14.7. The summed E-state index contributed by atoms with van der Waals surface area (Å²) in [7, 11) is 0. The molecule has 3 aromatic rings. The first-order valence-corrected chi connectivity index (χ1v) is 7.00. The minimum atomic E-state index is -0.310. The third-order valence-corrected chi connectivity index (χ3v) is 3.27. The third-order valence-electron chi connectivity index (χ3n) is 3.27. The molecule has 1 aromatic carbocycles. The molecule has 5 heteroatoms. The molecule has 0 aliphatic rings. The van der Waals surface area contributed by atoms with Crippen molar-refractivity contribution in [3.05, 3.63) is 48.7 Å². The molecule has 3 rings (SSSR count). The van der Waals surface area contributed by atoms with Gasteiger partial charge >= 0.3 is 0 Å². The summed E-state index contributed by atoms with van der Waals surface area (Å²) in [5, 5.41) is 4.26. The summed E-state index contributed by atoms with van der Waals surface area (Å²) < 4.78 is 20.9. The average molecular weight is 285 g/mol. The fraction of sp³-hybridized carbons (Fsp3) is 0.250. The highest BCUT2D eigenvalue weighted by molar-refractivity contribution is 5.80. The quantitative estimate of drug-likeness (QED) is 0.671. The summed E-state index contributed by atoms with van der Waals surface area (Å²) in [6, 6.07) is 6.36. The first-order valence-electron chi connectivity index (χ1n) is 7.00. The number of ether oxygens (including phenoxy) is 1. The molecule has 0 amide bonds. The number of fused-ring (bicyclic) bond motifs is 1. The topological polar surface area (TPSA) is 39.4 Å². The highest BCUT2D eigenvalue weighted by Gasteiger charge is 2.13. The summed E-state index contributed by atoms with van der Waals surface area (Å²) in [5.74, 6) is 0.221. The molecular weight excluding hydrogens is 269 g/mol. The van der Waals surface area contributed by atoms with E-state index in [2.05, 4.69) is 17.0 Å². The molecule has 2 aromatic heterocycles. The number of aromatic nitrogens is 3. The second-order valence-corrected chi connectivity index (χ2v) is 4.79. The van der Waals surface area contributed by atoms with Crippen molar-refractivity contribution in [2.75, 3.05) is 6.61 Å². The molecule has 0 aliphatic carbocycles. The molecule has 0 atom stereocenters. The lowest BCUT2D eigenvalue weighted by molar-refractivity contribution is 0.309. The Hall–Kier alpha value is -2.43. The second-order valence-electron chi connectivity index (χ2n) is 4.79. The summed E-state index contributed by atoms with van der Waals surface area (Å²) in [6.07, 6.45) is 7.22. The number of nitrogens with zero attached hydrogens (tertiary/aromatic N) is 3. The van der Waals surface area contributed by atoms with E-state index in [4.69, 9.17) is 4.74 Å². The fourth-order valence-corrected chi connectivity index (χ4v) is 2.18. The lowest BCUT2D eigenvalue weighted by Crippen LogP contribution is -1.99. The van der Waals surface area contributed by atoms with E-state index < -0.39 is 0 Å². The van der Waals surface area contributed by atoms with Gasteiger partial charge in [-0.05, 0) is 24.6 Å². The van der Waals surface area contributed by atoms with Crippen LogP contribution in [0.4, 0.5) is 4.39 Å². The van der Waals surface area contributed by atoms with Gasteiger partial charge < -0.3 is 4.74 Å². The van der Waals surface area contributed by atoms with Crippen LogP contribution in [0.25, 0.3) is 16.8 Å². The molecule has 0 spiro atoms. The van der Waals surface area contributed by atoms with Gasteiger partial charge in [-0.25, -0.2) is 13.9 Å². The van der Waals surface area contributed by atoms with Gasteiger partial charge in [0.25, 0.3) is 0 Å². The molecule has 0 saturated carbocycles. The van der Waals surface area contributed by atoms with Crippen molar-refractivity contribution >= 4 is 5.65 Å². The number of rotatable bonds is 5. The molecule has 0 bridgehead atoms. The fourth-order valence-electron chi connectivity index (χ4n) is 2.18. The number of halogens is 1. The number of hydrogen-bond donors (Lipinski definition) is 0. The van der Waals surface area contributed by atoms with E-state index in [1.807, 2.05) is 12.3 Å². The SMILES string of the molecule is CCCCOc1cc(F)ccc1-c1cnn2cccnc12. The van der Waals surface area contributed by atoms with E-state index in [1.54, 1.807) is 23.0 Å². The zero-order valence-electron chi connectivity index (χ0n) is 11.8. The molecule has 0 radical (unpaired) electrons.